The van der Waals surface area contributed by atoms with Gasteiger partial charge in [-0.1, -0.05) is 24.3 Å². The Morgan fingerprint density at radius 1 is 1.32 bits per heavy atom. The number of nitrogens with one attached hydrogen (secondary N) is 1. The Bertz CT molecular complexity index is 536. The lowest BCUT2D eigenvalue weighted by atomic mass is 9.93. The van der Waals surface area contributed by atoms with Gasteiger partial charge < -0.3 is 0 Å². The van der Waals surface area contributed by atoms with Crippen LogP contribution in [0.4, 0.5) is 0 Å². The number of nitrogens with two attached hydrogens (primary N) is 1. The highest BCUT2D eigenvalue weighted by atomic mass is 15.3. The maximum atomic E-state index is 5.76. The van der Waals surface area contributed by atoms with Gasteiger partial charge in [0.05, 0.1) is 5.69 Å². The molecule has 4 nitrogen and oxygen atoms in total. The van der Waals surface area contributed by atoms with Crippen molar-refractivity contribution in [1.29, 1.82) is 0 Å². The molecule has 0 aliphatic heterocycles. The lowest BCUT2D eigenvalue weighted by Gasteiger charge is -2.21. The van der Waals surface area contributed by atoms with Gasteiger partial charge in [0.25, 0.3) is 0 Å². The first-order valence-electron chi connectivity index (χ1n) is 6.77. The average molecular weight is 256 g/mol. The second kappa shape index (κ2) is 5.15. The van der Waals surface area contributed by atoms with Crippen molar-refractivity contribution in [2.24, 2.45) is 18.8 Å². The number of aromatic nitrogens is 2. The molecule has 0 radical (unpaired) electrons. The van der Waals surface area contributed by atoms with Crippen LogP contribution in [0.5, 0.6) is 0 Å². The number of hydrogen-bond donors (Lipinski definition) is 2. The number of fused-ring (bicyclic) bond motifs is 1. The third-order valence-corrected chi connectivity index (χ3v) is 4.06. The minimum atomic E-state index is 0.280. The molecule has 0 bridgehead atoms. The first kappa shape index (κ1) is 12.4. The number of nitrogens with zero attached hydrogens (tertiary/aromatic N) is 2. The van der Waals surface area contributed by atoms with Crippen molar-refractivity contribution in [3.8, 4) is 0 Å². The number of hydrogen-bond acceptors (Lipinski definition) is 3. The summed E-state index contributed by atoms with van der Waals surface area (Å²) in [6.07, 6.45) is 5.08. The maximum Gasteiger partial charge on any atom is 0.0640 e. The maximum absolute atomic E-state index is 5.76. The molecule has 1 aromatic heterocycles. The fourth-order valence-corrected chi connectivity index (χ4v) is 3.04. The second-order valence-corrected chi connectivity index (χ2v) is 5.40. The standard InChI is InChI=1S/C15H20N4/c1-19-7-6-14(18-19)10-15(17-16)13-8-11-4-2-3-5-12(11)9-13/h2-7,13,15,17H,8-10,16H2,1H3. The molecule has 1 aliphatic carbocycles. The molecule has 100 valence electrons. The van der Waals surface area contributed by atoms with Crippen LogP contribution in [-0.2, 0) is 26.3 Å². The average Bonchev–Trinajstić information content (AvgIpc) is 3.01. The third kappa shape index (κ3) is 2.55. The van der Waals surface area contributed by atoms with Crippen LogP contribution in [0.15, 0.2) is 36.5 Å². The summed E-state index contributed by atoms with van der Waals surface area (Å²) in [5.74, 6) is 6.32. The molecule has 0 amide bonds. The molecule has 4 heteroatoms. The molecular weight excluding hydrogens is 236 g/mol. The third-order valence-electron chi connectivity index (χ3n) is 4.06. The summed E-state index contributed by atoms with van der Waals surface area (Å²) >= 11 is 0. The van der Waals surface area contributed by atoms with E-state index in [9.17, 15) is 0 Å². The van der Waals surface area contributed by atoms with Crippen LogP contribution < -0.4 is 11.3 Å². The smallest absolute Gasteiger partial charge is 0.0640 e. The van der Waals surface area contributed by atoms with Gasteiger partial charge in [-0.25, -0.2) is 0 Å². The van der Waals surface area contributed by atoms with Crippen LogP contribution in [0.2, 0.25) is 0 Å². The second-order valence-electron chi connectivity index (χ2n) is 5.40. The minimum Gasteiger partial charge on any atom is -0.276 e. The molecule has 3 N–H and O–H groups in total. The first-order chi connectivity index (χ1) is 9.26. The Balaban J connectivity index is 1.71. The molecule has 1 aliphatic rings. The number of aryl methyl sites for hydroxylation is 1. The van der Waals surface area contributed by atoms with E-state index in [1.807, 2.05) is 17.9 Å². The van der Waals surface area contributed by atoms with Crippen molar-refractivity contribution in [2.75, 3.05) is 0 Å². The van der Waals surface area contributed by atoms with Crippen LogP contribution in [0.1, 0.15) is 16.8 Å². The van der Waals surface area contributed by atoms with Crippen molar-refractivity contribution in [3.63, 3.8) is 0 Å². The zero-order valence-corrected chi connectivity index (χ0v) is 11.2. The van der Waals surface area contributed by atoms with Crippen molar-refractivity contribution in [3.05, 3.63) is 53.3 Å². The van der Waals surface area contributed by atoms with Crippen LogP contribution in [0.3, 0.4) is 0 Å². The summed E-state index contributed by atoms with van der Waals surface area (Å²) in [6, 6.07) is 11.0. The van der Waals surface area contributed by atoms with Crippen molar-refractivity contribution in [1.82, 2.24) is 15.2 Å². The summed E-state index contributed by atoms with van der Waals surface area (Å²) in [7, 11) is 1.94. The van der Waals surface area contributed by atoms with E-state index in [-0.39, 0.29) is 6.04 Å². The molecule has 19 heavy (non-hydrogen) atoms. The number of hydrazine groups is 1. The fraction of sp³-hybridized carbons (Fsp3) is 0.400. The molecule has 1 aromatic carbocycles. The summed E-state index contributed by atoms with van der Waals surface area (Å²) in [5, 5.41) is 4.44. The van der Waals surface area contributed by atoms with Gasteiger partial charge in [-0.15, -0.1) is 0 Å². The molecular formula is C15H20N4. The highest BCUT2D eigenvalue weighted by Crippen LogP contribution is 2.29. The number of rotatable bonds is 4. The van der Waals surface area contributed by atoms with Gasteiger partial charge >= 0.3 is 0 Å². The van der Waals surface area contributed by atoms with E-state index < -0.39 is 0 Å². The summed E-state index contributed by atoms with van der Waals surface area (Å²) in [4.78, 5) is 0. The van der Waals surface area contributed by atoms with Gasteiger partial charge in [-0.3, -0.25) is 16.0 Å². The van der Waals surface area contributed by atoms with Crippen molar-refractivity contribution in [2.45, 2.75) is 25.3 Å². The summed E-state index contributed by atoms with van der Waals surface area (Å²) < 4.78 is 1.84. The predicted octanol–water partition coefficient (Wildman–Crippen LogP) is 1.21. The minimum absolute atomic E-state index is 0.280. The predicted molar refractivity (Wildman–Crippen MR) is 75.4 cm³/mol. The largest absolute Gasteiger partial charge is 0.276 e. The van der Waals surface area contributed by atoms with E-state index >= 15 is 0 Å². The summed E-state index contributed by atoms with van der Waals surface area (Å²) in [6.45, 7) is 0. The Labute approximate surface area is 113 Å². The zero-order chi connectivity index (χ0) is 13.2. The van der Waals surface area contributed by atoms with Crippen molar-refractivity contribution < 1.29 is 0 Å². The van der Waals surface area contributed by atoms with Crippen molar-refractivity contribution >= 4 is 0 Å². The van der Waals surface area contributed by atoms with E-state index in [1.165, 1.54) is 11.1 Å². The lowest BCUT2D eigenvalue weighted by Crippen LogP contribution is -2.43. The quantitative estimate of drug-likeness (QED) is 0.638. The fourth-order valence-electron chi connectivity index (χ4n) is 3.04. The van der Waals surface area contributed by atoms with E-state index in [1.54, 1.807) is 0 Å². The Morgan fingerprint density at radius 2 is 2.00 bits per heavy atom. The Morgan fingerprint density at radius 3 is 2.53 bits per heavy atom. The van der Waals surface area contributed by atoms with E-state index in [0.29, 0.717) is 5.92 Å². The Kier molecular flexibility index (Phi) is 3.36. The molecule has 1 atom stereocenters. The molecule has 1 unspecified atom stereocenters. The van der Waals surface area contributed by atoms with Gasteiger partial charge in [0.15, 0.2) is 0 Å². The lowest BCUT2D eigenvalue weighted by molar-refractivity contribution is 0.364. The molecule has 0 spiro atoms. The molecule has 1 heterocycles. The summed E-state index contributed by atoms with van der Waals surface area (Å²) in [5.41, 5.74) is 7.02. The first-order valence-corrected chi connectivity index (χ1v) is 6.77. The Hall–Kier alpha value is -1.65. The van der Waals surface area contributed by atoms with Gasteiger partial charge in [0.2, 0.25) is 0 Å². The van der Waals surface area contributed by atoms with Gasteiger partial charge in [-0.2, -0.15) is 5.10 Å². The number of benzene rings is 1. The van der Waals surface area contributed by atoms with Crippen LogP contribution in [-0.4, -0.2) is 15.8 Å². The van der Waals surface area contributed by atoms with E-state index in [0.717, 1.165) is 25.0 Å². The SMILES string of the molecule is Cn1ccc(CC(NN)C2Cc3ccccc3C2)n1. The van der Waals surface area contributed by atoms with E-state index in [2.05, 4.69) is 40.9 Å². The normalized spacial score (nSPS) is 16.5. The van der Waals surface area contributed by atoms with Crippen LogP contribution >= 0.6 is 0 Å². The molecule has 0 fully saturated rings. The monoisotopic (exact) mass is 256 g/mol. The molecule has 2 aromatic rings. The van der Waals surface area contributed by atoms with Crippen LogP contribution in [0.25, 0.3) is 0 Å². The van der Waals surface area contributed by atoms with Crippen LogP contribution in [0, 0.1) is 5.92 Å². The topological polar surface area (TPSA) is 55.9 Å². The highest BCUT2D eigenvalue weighted by molar-refractivity contribution is 5.32. The zero-order valence-electron chi connectivity index (χ0n) is 11.2. The van der Waals surface area contributed by atoms with E-state index in [4.69, 9.17) is 5.84 Å². The molecule has 3 rings (SSSR count). The van der Waals surface area contributed by atoms with Gasteiger partial charge in [-0.05, 0) is 36.0 Å². The van der Waals surface area contributed by atoms with Gasteiger partial charge in [0, 0.05) is 25.7 Å². The molecule has 0 saturated heterocycles. The van der Waals surface area contributed by atoms with Gasteiger partial charge in [0.1, 0.15) is 0 Å². The highest BCUT2D eigenvalue weighted by Gasteiger charge is 2.28. The molecule has 0 saturated carbocycles.